The molecular formula is C21H38N4O8. The molecule has 0 aromatic carbocycles. The van der Waals surface area contributed by atoms with Gasteiger partial charge in [0.15, 0.2) is 0 Å². The molecule has 0 aliphatic carbocycles. The van der Waals surface area contributed by atoms with Crippen LogP contribution in [-0.2, 0) is 19.2 Å². The number of carboxylic acids is 4. The van der Waals surface area contributed by atoms with E-state index in [1.54, 1.807) is 9.80 Å². The molecule has 1 atom stereocenters. The Morgan fingerprint density at radius 3 is 1.36 bits per heavy atom. The lowest BCUT2D eigenvalue weighted by Gasteiger charge is -2.38. The van der Waals surface area contributed by atoms with Gasteiger partial charge in [0.2, 0.25) is 0 Å². The molecular weight excluding hydrogens is 436 g/mol. The number of carbonyl (C=O) groups is 4. The largest absolute Gasteiger partial charge is 0.480 e. The average Bonchev–Trinajstić information content (AvgIpc) is 2.70. The van der Waals surface area contributed by atoms with E-state index >= 15 is 0 Å². The predicted octanol–water partition coefficient (Wildman–Crippen LogP) is -0.649. The highest BCUT2D eigenvalue weighted by Crippen LogP contribution is 2.24. The quantitative estimate of drug-likeness (QED) is 0.283. The number of hydrogen-bond donors (Lipinski definition) is 4. The van der Waals surface area contributed by atoms with Gasteiger partial charge in [-0.2, -0.15) is 0 Å². The summed E-state index contributed by atoms with van der Waals surface area (Å²) in [5.74, 6) is -4.16. The fourth-order valence-electron chi connectivity index (χ4n) is 4.04. The van der Waals surface area contributed by atoms with Crippen molar-refractivity contribution >= 4 is 23.9 Å². The Kier molecular flexibility index (Phi) is 11.7. The highest BCUT2D eigenvalue weighted by Gasteiger charge is 2.30. The Morgan fingerprint density at radius 1 is 0.697 bits per heavy atom. The van der Waals surface area contributed by atoms with E-state index in [1.165, 1.54) is 4.90 Å². The molecule has 12 nitrogen and oxygen atoms in total. The molecule has 1 fully saturated rings. The van der Waals surface area contributed by atoms with Gasteiger partial charge in [-0.1, -0.05) is 20.8 Å². The molecule has 33 heavy (non-hydrogen) atoms. The molecule has 1 unspecified atom stereocenters. The summed E-state index contributed by atoms with van der Waals surface area (Å²) < 4.78 is 0. The van der Waals surface area contributed by atoms with Crippen LogP contribution in [0.5, 0.6) is 0 Å². The van der Waals surface area contributed by atoms with Gasteiger partial charge in [-0.15, -0.1) is 0 Å². The maximum atomic E-state index is 11.4. The first-order chi connectivity index (χ1) is 15.2. The van der Waals surface area contributed by atoms with E-state index in [-0.39, 0.29) is 24.5 Å². The van der Waals surface area contributed by atoms with Gasteiger partial charge in [0.05, 0.1) is 26.2 Å². The van der Waals surface area contributed by atoms with Crippen molar-refractivity contribution in [1.29, 1.82) is 0 Å². The van der Waals surface area contributed by atoms with Crippen molar-refractivity contribution in [3.05, 3.63) is 0 Å². The number of carboxylic acid groups (broad SMARTS) is 4. The van der Waals surface area contributed by atoms with Crippen molar-refractivity contribution in [3.63, 3.8) is 0 Å². The third-order valence-corrected chi connectivity index (χ3v) is 5.43. The summed E-state index contributed by atoms with van der Waals surface area (Å²) in [5.41, 5.74) is -0.190. The minimum atomic E-state index is -1.11. The fraction of sp³-hybridized carbons (Fsp3) is 0.810. The Morgan fingerprint density at radius 2 is 1.06 bits per heavy atom. The summed E-state index contributed by atoms with van der Waals surface area (Å²) in [7, 11) is 0. The summed E-state index contributed by atoms with van der Waals surface area (Å²) in [6, 6.07) is -0.362. The second kappa shape index (κ2) is 13.4. The molecule has 0 spiro atoms. The maximum absolute atomic E-state index is 11.4. The van der Waals surface area contributed by atoms with Crippen LogP contribution in [0.4, 0.5) is 0 Å². The van der Waals surface area contributed by atoms with Crippen molar-refractivity contribution in [2.75, 3.05) is 72.0 Å². The minimum absolute atomic E-state index is 0.162. The Balaban J connectivity index is 3.10. The van der Waals surface area contributed by atoms with E-state index in [9.17, 15) is 39.6 Å². The van der Waals surface area contributed by atoms with Gasteiger partial charge in [-0.25, -0.2) is 0 Å². The number of hydrogen-bond acceptors (Lipinski definition) is 8. The summed E-state index contributed by atoms with van der Waals surface area (Å²) in [6.07, 6.45) is 0.557. The van der Waals surface area contributed by atoms with E-state index in [4.69, 9.17) is 0 Å². The SMILES string of the molecule is CC(C)(C)CC(CN1CCN(CC(=O)O)CCN(CC(=O)O)CC1)N(CC(=O)O)CC(=O)O. The van der Waals surface area contributed by atoms with Gasteiger partial charge in [-0.3, -0.25) is 38.8 Å². The molecule has 0 saturated carbocycles. The summed E-state index contributed by atoms with van der Waals surface area (Å²) >= 11 is 0. The first kappa shape index (κ1) is 28.8. The predicted molar refractivity (Wildman–Crippen MR) is 119 cm³/mol. The normalized spacial score (nSPS) is 18.3. The highest BCUT2D eigenvalue weighted by molar-refractivity contribution is 5.72. The second-order valence-corrected chi connectivity index (χ2v) is 9.75. The molecule has 0 aromatic heterocycles. The first-order valence-corrected chi connectivity index (χ1v) is 11.0. The summed E-state index contributed by atoms with van der Waals surface area (Å²) in [4.78, 5) is 52.3. The van der Waals surface area contributed by atoms with Crippen LogP contribution in [0.3, 0.4) is 0 Å². The molecule has 1 aliphatic heterocycles. The van der Waals surface area contributed by atoms with Crippen LogP contribution >= 0.6 is 0 Å². The van der Waals surface area contributed by atoms with Crippen molar-refractivity contribution in [3.8, 4) is 0 Å². The lowest BCUT2D eigenvalue weighted by molar-refractivity contribution is -0.143. The van der Waals surface area contributed by atoms with Crippen LogP contribution in [0.25, 0.3) is 0 Å². The van der Waals surface area contributed by atoms with Crippen LogP contribution in [-0.4, -0.2) is 142 Å². The lowest BCUT2D eigenvalue weighted by atomic mass is 9.87. The van der Waals surface area contributed by atoms with E-state index in [1.807, 2.05) is 25.7 Å². The van der Waals surface area contributed by atoms with Gasteiger partial charge in [-0.05, 0) is 11.8 Å². The molecule has 1 saturated heterocycles. The monoisotopic (exact) mass is 474 g/mol. The molecule has 12 heteroatoms. The van der Waals surface area contributed by atoms with Crippen LogP contribution in [0.1, 0.15) is 27.2 Å². The van der Waals surface area contributed by atoms with Crippen molar-refractivity contribution < 1.29 is 39.6 Å². The molecule has 0 aromatic rings. The van der Waals surface area contributed by atoms with E-state index in [0.717, 1.165) is 0 Å². The highest BCUT2D eigenvalue weighted by atomic mass is 16.4. The minimum Gasteiger partial charge on any atom is -0.480 e. The van der Waals surface area contributed by atoms with Crippen LogP contribution in [0.2, 0.25) is 0 Å². The fourth-order valence-corrected chi connectivity index (χ4v) is 4.04. The molecule has 1 heterocycles. The molecule has 0 radical (unpaired) electrons. The van der Waals surface area contributed by atoms with E-state index < -0.39 is 37.0 Å². The third kappa shape index (κ3) is 13.1. The third-order valence-electron chi connectivity index (χ3n) is 5.43. The zero-order valence-electron chi connectivity index (χ0n) is 19.8. The first-order valence-electron chi connectivity index (χ1n) is 11.0. The van der Waals surface area contributed by atoms with Gasteiger partial charge in [0.1, 0.15) is 0 Å². The average molecular weight is 475 g/mol. The lowest BCUT2D eigenvalue weighted by Crippen LogP contribution is -2.51. The van der Waals surface area contributed by atoms with Gasteiger partial charge in [0.25, 0.3) is 0 Å². The summed E-state index contributed by atoms with van der Waals surface area (Å²) in [6.45, 7) is 8.01. The van der Waals surface area contributed by atoms with Gasteiger partial charge < -0.3 is 20.4 Å². The summed E-state index contributed by atoms with van der Waals surface area (Å²) in [5, 5.41) is 37.1. The zero-order chi connectivity index (χ0) is 25.2. The smallest absolute Gasteiger partial charge is 0.317 e. The van der Waals surface area contributed by atoms with Crippen molar-refractivity contribution in [1.82, 2.24) is 19.6 Å². The zero-order valence-corrected chi connectivity index (χ0v) is 19.8. The van der Waals surface area contributed by atoms with Crippen LogP contribution in [0.15, 0.2) is 0 Å². The maximum Gasteiger partial charge on any atom is 0.317 e. The Hall–Kier alpha value is -2.28. The molecule has 1 aliphatic rings. The number of aliphatic carboxylic acids is 4. The Bertz CT molecular complexity index is 638. The van der Waals surface area contributed by atoms with Crippen LogP contribution in [0, 0.1) is 5.41 Å². The van der Waals surface area contributed by atoms with Crippen molar-refractivity contribution in [2.45, 2.75) is 33.2 Å². The molecule has 4 N–H and O–H groups in total. The van der Waals surface area contributed by atoms with Crippen molar-refractivity contribution in [2.24, 2.45) is 5.41 Å². The number of rotatable bonds is 12. The molecule has 0 bridgehead atoms. The van der Waals surface area contributed by atoms with Gasteiger partial charge in [0, 0.05) is 51.9 Å². The topological polar surface area (TPSA) is 162 Å². The molecule has 1 rings (SSSR count). The van der Waals surface area contributed by atoms with E-state index in [2.05, 4.69) is 0 Å². The molecule has 190 valence electrons. The van der Waals surface area contributed by atoms with E-state index in [0.29, 0.717) is 52.2 Å². The second-order valence-electron chi connectivity index (χ2n) is 9.75. The molecule has 0 amide bonds. The van der Waals surface area contributed by atoms with Gasteiger partial charge >= 0.3 is 23.9 Å². The number of nitrogens with zero attached hydrogens (tertiary/aromatic N) is 4. The Labute approximate surface area is 194 Å². The van der Waals surface area contributed by atoms with Crippen LogP contribution < -0.4 is 0 Å². The standard InChI is InChI=1S/C21H38N4O8/c1-21(2,3)10-16(25(14-19(30)31)15-20(32)33)11-22-4-6-23(12-17(26)27)8-9-24(7-5-22)13-18(28)29/h16H,4-15H2,1-3H3,(H,26,27)(H,28,29)(H,30,31)(H,32,33).